The van der Waals surface area contributed by atoms with Gasteiger partial charge in [0.15, 0.2) is 0 Å². The predicted molar refractivity (Wildman–Crippen MR) is 72.6 cm³/mol. The smallest absolute Gasteiger partial charge is 0.257 e. The van der Waals surface area contributed by atoms with Gasteiger partial charge in [0.1, 0.15) is 11.5 Å². The Labute approximate surface area is 113 Å². The molecule has 0 aliphatic carbocycles. The summed E-state index contributed by atoms with van der Waals surface area (Å²) in [5.41, 5.74) is 2.75. The van der Waals surface area contributed by atoms with Gasteiger partial charge in [-0.3, -0.25) is 9.59 Å². The number of carbonyl (C=O) groups excluding carboxylic acids is 2. The van der Waals surface area contributed by atoms with E-state index in [4.69, 9.17) is 4.74 Å². The molecule has 19 heavy (non-hydrogen) atoms. The van der Waals surface area contributed by atoms with Gasteiger partial charge in [0.25, 0.3) is 5.91 Å². The highest BCUT2D eigenvalue weighted by molar-refractivity contribution is 5.98. The summed E-state index contributed by atoms with van der Waals surface area (Å²) < 4.78 is 5.30. The highest BCUT2D eigenvalue weighted by Crippen LogP contribution is 2.25. The normalized spacial score (nSPS) is 15.5. The number of likely N-dealkylation sites (tertiary alicyclic amines) is 1. The summed E-state index contributed by atoms with van der Waals surface area (Å²) in [5.74, 6) is 0.786. The van der Waals surface area contributed by atoms with Crippen LogP contribution in [-0.4, -0.2) is 36.8 Å². The van der Waals surface area contributed by atoms with Crippen LogP contribution in [0.3, 0.4) is 0 Å². The Morgan fingerprint density at radius 3 is 2.32 bits per heavy atom. The summed E-state index contributed by atoms with van der Waals surface area (Å²) in [4.78, 5) is 25.4. The van der Waals surface area contributed by atoms with Crippen molar-refractivity contribution in [1.82, 2.24) is 4.90 Å². The lowest BCUT2D eigenvalue weighted by Gasteiger charge is -2.27. The number of benzene rings is 1. The highest BCUT2D eigenvalue weighted by atomic mass is 16.5. The Balaban J connectivity index is 2.28. The van der Waals surface area contributed by atoms with Crippen LogP contribution in [0.25, 0.3) is 0 Å². The molecule has 0 N–H and O–H groups in total. The summed E-state index contributed by atoms with van der Waals surface area (Å²) in [6.45, 7) is 4.98. The first-order chi connectivity index (χ1) is 9.02. The Bertz CT molecular complexity index is 512. The van der Waals surface area contributed by atoms with Gasteiger partial charge in [0.2, 0.25) is 0 Å². The number of carbonyl (C=O) groups is 2. The van der Waals surface area contributed by atoms with E-state index in [9.17, 15) is 9.59 Å². The first-order valence-electron chi connectivity index (χ1n) is 6.49. The molecule has 0 saturated carbocycles. The summed E-state index contributed by atoms with van der Waals surface area (Å²) in [5, 5.41) is 0. The molecule has 1 aromatic rings. The van der Waals surface area contributed by atoms with E-state index < -0.39 is 0 Å². The van der Waals surface area contributed by atoms with Gasteiger partial charge in [-0.25, -0.2) is 0 Å². The van der Waals surface area contributed by atoms with Crippen LogP contribution < -0.4 is 4.74 Å². The van der Waals surface area contributed by atoms with Crippen LogP contribution in [0.15, 0.2) is 12.1 Å². The lowest BCUT2D eigenvalue weighted by molar-refractivity contribution is -0.120. The maximum Gasteiger partial charge on any atom is 0.257 e. The van der Waals surface area contributed by atoms with E-state index in [0.717, 1.165) is 11.1 Å². The van der Waals surface area contributed by atoms with Crippen LogP contribution in [0.1, 0.15) is 34.3 Å². The molecule has 0 unspecified atom stereocenters. The standard InChI is InChI=1S/C15H19NO3/c1-10-8-13(14(19-3)9-11(10)2)15(18)16-6-4-12(17)5-7-16/h8-9H,4-7H2,1-3H3. The maximum absolute atomic E-state index is 12.5. The van der Waals surface area contributed by atoms with Crippen LogP contribution in [0.5, 0.6) is 5.75 Å². The largest absolute Gasteiger partial charge is 0.496 e. The van der Waals surface area contributed by atoms with Gasteiger partial charge in [0.05, 0.1) is 12.7 Å². The van der Waals surface area contributed by atoms with E-state index in [1.807, 2.05) is 26.0 Å². The fraction of sp³-hybridized carbons (Fsp3) is 0.467. The zero-order chi connectivity index (χ0) is 14.0. The van der Waals surface area contributed by atoms with Gasteiger partial charge >= 0.3 is 0 Å². The number of amides is 1. The van der Waals surface area contributed by atoms with Crippen molar-refractivity contribution in [3.63, 3.8) is 0 Å². The van der Waals surface area contributed by atoms with Gasteiger partial charge in [-0.1, -0.05) is 0 Å². The van der Waals surface area contributed by atoms with E-state index >= 15 is 0 Å². The van der Waals surface area contributed by atoms with Crippen molar-refractivity contribution in [2.45, 2.75) is 26.7 Å². The lowest BCUT2D eigenvalue weighted by atomic mass is 10.0. The molecule has 102 valence electrons. The summed E-state index contributed by atoms with van der Waals surface area (Å²) in [6.07, 6.45) is 0.914. The van der Waals surface area contributed by atoms with Gasteiger partial charge in [-0.05, 0) is 37.1 Å². The summed E-state index contributed by atoms with van der Waals surface area (Å²) in [6, 6.07) is 3.75. The fourth-order valence-corrected chi connectivity index (χ4v) is 2.26. The van der Waals surface area contributed by atoms with Crippen LogP contribution in [0.2, 0.25) is 0 Å². The molecular weight excluding hydrogens is 242 g/mol. The van der Waals surface area contributed by atoms with E-state index in [-0.39, 0.29) is 11.7 Å². The molecule has 4 nitrogen and oxygen atoms in total. The third-order valence-corrected chi connectivity index (χ3v) is 3.65. The molecule has 0 spiro atoms. The first kappa shape index (κ1) is 13.6. The summed E-state index contributed by atoms with van der Waals surface area (Å²) >= 11 is 0. The van der Waals surface area contributed by atoms with Gasteiger partial charge in [0, 0.05) is 25.9 Å². The molecule has 1 aliphatic rings. The minimum absolute atomic E-state index is 0.0487. The number of hydrogen-bond acceptors (Lipinski definition) is 3. The van der Waals surface area contributed by atoms with Gasteiger partial charge < -0.3 is 9.64 Å². The van der Waals surface area contributed by atoms with Crippen molar-refractivity contribution in [1.29, 1.82) is 0 Å². The molecule has 0 bridgehead atoms. The summed E-state index contributed by atoms with van der Waals surface area (Å²) in [7, 11) is 1.57. The van der Waals surface area contributed by atoms with Crippen LogP contribution in [0.4, 0.5) is 0 Å². The number of ether oxygens (including phenoxy) is 1. The molecule has 1 fully saturated rings. The van der Waals surface area contributed by atoms with Gasteiger partial charge in [-0.2, -0.15) is 0 Å². The van der Waals surface area contributed by atoms with Crippen LogP contribution in [-0.2, 0) is 4.79 Å². The Hall–Kier alpha value is -1.84. The van der Waals surface area contributed by atoms with E-state index in [2.05, 4.69) is 0 Å². The second kappa shape index (κ2) is 5.43. The lowest BCUT2D eigenvalue weighted by Crippen LogP contribution is -2.38. The Morgan fingerprint density at radius 2 is 1.74 bits per heavy atom. The fourth-order valence-electron chi connectivity index (χ4n) is 2.26. The number of hydrogen-bond donors (Lipinski definition) is 0. The number of Topliss-reactive ketones (excluding diaryl/α,β-unsaturated/α-hetero) is 1. The molecule has 2 rings (SSSR count). The first-order valence-corrected chi connectivity index (χ1v) is 6.49. The molecule has 1 heterocycles. The zero-order valence-electron chi connectivity index (χ0n) is 11.7. The Kier molecular flexibility index (Phi) is 3.88. The number of ketones is 1. The van der Waals surface area contributed by atoms with Crippen molar-refractivity contribution in [2.24, 2.45) is 0 Å². The molecular formula is C15H19NO3. The Morgan fingerprint density at radius 1 is 1.16 bits per heavy atom. The quantitative estimate of drug-likeness (QED) is 0.819. The van der Waals surface area contributed by atoms with Crippen molar-refractivity contribution in [2.75, 3.05) is 20.2 Å². The molecule has 1 amide bonds. The van der Waals surface area contributed by atoms with Crippen LogP contribution in [0, 0.1) is 13.8 Å². The number of rotatable bonds is 2. The van der Waals surface area contributed by atoms with E-state index in [1.54, 1.807) is 12.0 Å². The van der Waals surface area contributed by atoms with E-state index in [0.29, 0.717) is 37.2 Å². The number of methoxy groups -OCH3 is 1. The van der Waals surface area contributed by atoms with Crippen molar-refractivity contribution in [3.05, 3.63) is 28.8 Å². The van der Waals surface area contributed by atoms with Gasteiger partial charge in [-0.15, -0.1) is 0 Å². The molecule has 1 aliphatic heterocycles. The van der Waals surface area contributed by atoms with Crippen molar-refractivity contribution < 1.29 is 14.3 Å². The minimum Gasteiger partial charge on any atom is -0.496 e. The number of piperidine rings is 1. The molecule has 1 aromatic carbocycles. The van der Waals surface area contributed by atoms with E-state index in [1.165, 1.54) is 0 Å². The average molecular weight is 261 g/mol. The maximum atomic E-state index is 12.5. The molecule has 0 radical (unpaired) electrons. The third kappa shape index (κ3) is 2.78. The SMILES string of the molecule is COc1cc(C)c(C)cc1C(=O)N1CCC(=O)CC1. The average Bonchev–Trinajstić information content (AvgIpc) is 2.41. The number of aryl methyl sites for hydroxylation is 2. The molecule has 0 atom stereocenters. The van der Waals surface area contributed by atoms with Crippen molar-refractivity contribution in [3.8, 4) is 5.75 Å². The van der Waals surface area contributed by atoms with Crippen LogP contribution >= 0.6 is 0 Å². The zero-order valence-corrected chi connectivity index (χ0v) is 11.7. The highest BCUT2D eigenvalue weighted by Gasteiger charge is 2.24. The molecule has 0 aromatic heterocycles. The number of nitrogens with zero attached hydrogens (tertiary/aromatic N) is 1. The molecule has 1 saturated heterocycles. The van der Waals surface area contributed by atoms with Crippen molar-refractivity contribution >= 4 is 11.7 Å². The third-order valence-electron chi connectivity index (χ3n) is 3.65. The minimum atomic E-state index is -0.0487. The second-order valence-corrected chi connectivity index (χ2v) is 4.97. The monoisotopic (exact) mass is 261 g/mol. The predicted octanol–water partition coefficient (Wildman–Crippen LogP) is 2.12. The molecule has 4 heteroatoms. The second-order valence-electron chi connectivity index (χ2n) is 4.97. The topological polar surface area (TPSA) is 46.6 Å².